The fraction of sp³-hybridized carbons (Fsp3) is 0.0667. The lowest BCUT2D eigenvalue weighted by molar-refractivity contribution is -0.140. The standard InChI is InChI=1S/C15H8ClF5N2O2/c16-9-4-2-1-3-7(9)13(24)23-14(25)22-10-6-5-8(15(19,20)21)11(17)12(10)18/h1-6H,(H2,22,23,24,25). The van der Waals surface area contributed by atoms with E-state index in [9.17, 15) is 31.5 Å². The molecule has 2 rings (SSSR count). The largest absolute Gasteiger partial charge is 0.419 e. The SMILES string of the molecule is O=C(NC(=O)c1ccccc1Cl)Nc1ccc(C(F)(F)F)c(F)c1F. The van der Waals surface area contributed by atoms with Crippen LogP contribution < -0.4 is 10.6 Å². The second-order valence-corrected chi connectivity index (χ2v) is 5.08. The van der Waals surface area contributed by atoms with E-state index in [1.54, 1.807) is 16.7 Å². The molecule has 3 amide bonds. The first-order valence-electron chi connectivity index (χ1n) is 6.53. The maximum absolute atomic E-state index is 13.7. The summed E-state index contributed by atoms with van der Waals surface area (Å²) in [5.41, 5.74) is -2.74. The van der Waals surface area contributed by atoms with E-state index in [0.29, 0.717) is 6.07 Å². The molecule has 0 aliphatic heterocycles. The van der Waals surface area contributed by atoms with Crippen LogP contribution in [-0.4, -0.2) is 11.9 Å². The molecule has 0 saturated carbocycles. The first-order valence-corrected chi connectivity index (χ1v) is 6.91. The third-order valence-corrected chi connectivity index (χ3v) is 3.31. The number of carbonyl (C=O) groups excluding carboxylic acids is 2. The summed E-state index contributed by atoms with van der Waals surface area (Å²) in [5, 5.41) is 3.59. The number of hydrogen-bond acceptors (Lipinski definition) is 2. The van der Waals surface area contributed by atoms with Crippen LogP contribution in [0.5, 0.6) is 0 Å². The molecule has 25 heavy (non-hydrogen) atoms. The Labute approximate surface area is 142 Å². The first-order chi connectivity index (χ1) is 11.6. The lowest BCUT2D eigenvalue weighted by Gasteiger charge is -2.12. The molecule has 2 aromatic rings. The summed E-state index contributed by atoms with van der Waals surface area (Å²) in [6.45, 7) is 0. The summed E-state index contributed by atoms with van der Waals surface area (Å²) in [5.74, 6) is -5.01. The molecule has 2 N–H and O–H groups in total. The molecule has 0 aliphatic rings. The third kappa shape index (κ3) is 4.24. The number of carbonyl (C=O) groups is 2. The maximum atomic E-state index is 13.7. The number of benzene rings is 2. The van der Waals surface area contributed by atoms with Crippen molar-refractivity contribution in [3.8, 4) is 0 Å². The van der Waals surface area contributed by atoms with Crippen LogP contribution in [0.15, 0.2) is 36.4 Å². The van der Waals surface area contributed by atoms with Gasteiger partial charge in [0.2, 0.25) is 0 Å². The fourth-order valence-electron chi connectivity index (χ4n) is 1.83. The van der Waals surface area contributed by atoms with Gasteiger partial charge in [-0.1, -0.05) is 23.7 Å². The van der Waals surface area contributed by atoms with E-state index in [2.05, 4.69) is 0 Å². The highest BCUT2D eigenvalue weighted by molar-refractivity contribution is 6.34. The van der Waals surface area contributed by atoms with Crippen molar-refractivity contribution in [1.82, 2.24) is 5.32 Å². The Kier molecular flexibility index (Phi) is 5.27. The number of urea groups is 1. The lowest BCUT2D eigenvalue weighted by atomic mass is 10.1. The molecule has 0 aromatic heterocycles. The van der Waals surface area contributed by atoms with E-state index < -0.39 is 41.0 Å². The minimum atomic E-state index is -5.09. The number of anilines is 1. The molecule has 0 saturated heterocycles. The van der Waals surface area contributed by atoms with E-state index in [4.69, 9.17) is 11.6 Å². The molecule has 0 aliphatic carbocycles. The molecular weight excluding hydrogens is 371 g/mol. The molecular formula is C15H8ClF5N2O2. The number of alkyl halides is 3. The van der Waals surface area contributed by atoms with Crippen molar-refractivity contribution in [2.75, 3.05) is 5.32 Å². The van der Waals surface area contributed by atoms with Crippen molar-refractivity contribution in [3.63, 3.8) is 0 Å². The minimum Gasteiger partial charge on any atom is -0.305 e. The topological polar surface area (TPSA) is 58.2 Å². The second kappa shape index (κ2) is 7.06. The molecule has 4 nitrogen and oxygen atoms in total. The van der Waals surface area contributed by atoms with Gasteiger partial charge in [-0.25, -0.2) is 13.6 Å². The highest BCUT2D eigenvalue weighted by Gasteiger charge is 2.36. The van der Waals surface area contributed by atoms with E-state index in [1.807, 2.05) is 0 Å². The molecule has 0 atom stereocenters. The van der Waals surface area contributed by atoms with E-state index in [1.165, 1.54) is 18.2 Å². The van der Waals surface area contributed by atoms with Crippen molar-refractivity contribution in [3.05, 3.63) is 64.2 Å². The number of hydrogen-bond donors (Lipinski definition) is 2. The van der Waals surface area contributed by atoms with Crippen LogP contribution in [0.4, 0.5) is 32.4 Å². The van der Waals surface area contributed by atoms with Crippen LogP contribution in [0.1, 0.15) is 15.9 Å². The highest BCUT2D eigenvalue weighted by Crippen LogP contribution is 2.34. The Morgan fingerprint density at radius 2 is 1.60 bits per heavy atom. The zero-order chi connectivity index (χ0) is 18.8. The number of amides is 3. The van der Waals surface area contributed by atoms with E-state index >= 15 is 0 Å². The van der Waals surface area contributed by atoms with Crippen molar-refractivity contribution >= 4 is 29.2 Å². The van der Waals surface area contributed by atoms with Crippen molar-refractivity contribution in [2.45, 2.75) is 6.18 Å². The molecule has 132 valence electrons. The molecule has 10 heteroatoms. The summed E-state index contributed by atoms with van der Waals surface area (Å²) >= 11 is 5.76. The van der Waals surface area contributed by atoms with Gasteiger partial charge in [0.05, 0.1) is 21.8 Å². The highest BCUT2D eigenvalue weighted by atomic mass is 35.5. The number of nitrogens with one attached hydrogen (secondary N) is 2. The Morgan fingerprint density at radius 3 is 2.20 bits per heavy atom. The minimum absolute atomic E-state index is 0.0413. The Morgan fingerprint density at radius 1 is 0.960 bits per heavy atom. The van der Waals surface area contributed by atoms with Crippen LogP contribution in [0.25, 0.3) is 0 Å². The van der Waals surface area contributed by atoms with Gasteiger partial charge in [-0.05, 0) is 24.3 Å². The fourth-order valence-corrected chi connectivity index (χ4v) is 2.06. The third-order valence-electron chi connectivity index (χ3n) is 2.98. The van der Waals surface area contributed by atoms with Gasteiger partial charge in [-0.3, -0.25) is 10.1 Å². The van der Waals surface area contributed by atoms with E-state index in [-0.39, 0.29) is 16.7 Å². The van der Waals surface area contributed by atoms with Gasteiger partial charge in [-0.15, -0.1) is 0 Å². The predicted octanol–water partition coefficient (Wildman–Crippen LogP) is 4.60. The number of rotatable bonds is 2. The van der Waals surface area contributed by atoms with Crippen molar-refractivity contribution < 1.29 is 31.5 Å². The van der Waals surface area contributed by atoms with Crippen LogP contribution in [0.2, 0.25) is 5.02 Å². The summed E-state index contributed by atoms with van der Waals surface area (Å²) in [6, 6.07) is 5.24. The number of imide groups is 1. The monoisotopic (exact) mass is 378 g/mol. The van der Waals surface area contributed by atoms with Gasteiger partial charge in [-0.2, -0.15) is 13.2 Å². The second-order valence-electron chi connectivity index (χ2n) is 4.67. The zero-order valence-electron chi connectivity index (χ0n) is 12.0. The summed E-state index contributed by atoms with van der Waals surface area (Å²) in [7, 11) is 0. The van der Waals surface area contributed by atoms with Crippen LogP contribution >= 0.6 is 11.6 Å². The van der Waals surface area contributed by atoms with Gasteiger partial charge >= 0.3 is 12.2 Å². The van der Waals surface area contributed by atoms with Gasteiger partial charge in [0, 0.05) is 0 Å². The quantitative estimate of drug-likeness (QED) is 0.750. The first kappa shape index (κ1) is 18.7. The van der Waals surface area contributed by atoms with Gasteiger partial charge in [0.25, 0.3) is 5.91 Å². The smallest absolute Gasteiger partial charge is 0.305 e. The Hall–Kier alpha value is -2.68. The summed E-state index contributed by atoms with van der Waals surface area (Å²) < 4.78 is 64.5. The average Bonchev–Trinajstić information content (AvgIpc) is 2.51. The zero-order valence-corrected chi connectivity index (χ0v) is 12.8. The maximum Gasteiger partial charge on any atom is 0.419 e. The molecule has 0 fully saturated rings. The average molecular weight is 379 g/mol. The number of halogens is 6. The van der Waals surface area contributed by atoms with Gasteiger partial charge < -0.3 is 5.32 Å². The summed E-state index contributed by atoms with van der Waals surface area (Å²) in [6.07, 6.45) is -5.09. The normalized spacial score (nSPS) is 11.1. The lowest BCUT2D eigenvalue weighted by Crippen LogP contribution is -2.34. The van der Waals surface area contributed by atoms with Crippen molar-refractivity contribution in [1.29, 1.82) is 0 Å². The van der Waals surface area contributed by atoms with Gasteiger partial charge in [0.15, 0.2) is 11.6 Å². The van der Waals surface area contributed by atoms with Crippen LogP contribution in [-0.2, 0) is 6.18 Å². The van der Waals surface area contributed by atoms with Crippen molar-refractivity contribution in [2.24, 2.45) is 0 Å². The van der Waals surface area contributed by atoms with Gasteiger partial charge in [0.1, 0.15) is 0 Å². The molecule has 0 bridgehead atoms. The predicted molar refractivity (Wildman–Crippen MR) is 79.3 cm³/mol. The van der Waals surface area contributed by atoms with E-state index in [0.717, 1.165) is 0 Å². The molecule has 0 radical (unpaired) electrons. The van der Waals surface area contributed by atoms with Crippen LogP contribution in [0.3, 0.4) is 0 Å². The Balaban J connectivity index is 2.15. The molecule has 0 unspecified atom stereocenters. The van der Waals surface area contributed by atoms with Crippen LogP contribution in [0, 0.1) is 11.6 Å². The summed E-state index contributed by atoms with van der Waals surface area (Å²) in [4.78, 5) is 23.5. The molecule has 0 heterocycles. The molecule has 2 aromatic carbocycles. The molecule has 0 spiro atoms. The Bertz CT molecular complexity index is 839.